The first-order valence-corrected chi connectivity index (χ1v) is 9.66. The number of ether oxygens (including phenoxy) is 2. The van der Waals surface area contributed by atoms with E-state index in [0.717, 1.165) is 28.1 Å². The predicted octanol–water partition coefficient (Wildman–Crippen LogP) is 3.73. The zero-order valence-electron chi connectivity index (χ0n) is 17.2. The number of carbonyl (C=O) groups is 1. The molecule has 29 heavy (non-hydrogen) atoms. The van der Waals surface area contributed by atoms with Crippen LogP contribution in [-0.2, 0) is 16.1 Å². The minimum atomic E-state index is -0.380. The van der Waals surface area contributed by atoms with Gasteiger partial charge < -0.3 is 14.8 Å². The van der Waals surface area contributed by atoms with Crippen LogP contribution in [-0.4, -0.2) is 30.6 Å². The van der Waals surface area contributed by atoms with E-state index >= 15 is 0 Å². The maximum Gasteiger partial charge on any atom is 0.261 e. The minimum Gasteiger partial charge on any atom is -0.487 e. The normalized spacial score (nSPS) is 11.0. The minimum absolute atomic E-state index is 0.0716. The molecule has 0 aliphatic heterocycles. The lowest BCUT2D eigenvalue weighted by Crippen LogP contribution is -2.26. The van der Waals surface area contributed by atoms with Crippen LogP contribution >= 0.6 is 0 Å². The summed E-state index contributed by atoms with van der Waals surface area (Å²) >= 11 is 0. The van der Waals surface area contributed by atoms with Crippen molar-refractivity contribution >= 4 is 12.0 Å². The molecular formula is C23H27N3O3. The highest BCUT2D eigenvalue weighted by Gasteiger charge is 2.11. The molecule has 0 unspecified atom stereocenters. The fraction of sp³-hybridized carbons (Fsp3) is 0.348. The average Bonchev–Trinajstić information content (AvgIpc) is 2.72. The molecule has 1 amide bonds. The number of nitrogens with zero attached hydrogens (tertiary/aromatic N) is 2. The zero-order chi connectivity index (χ0) is 21.1. The van der Waals surface area contributed by atoms with Gasteiger partial charge in [0.2, 0.25) is 0 Å². The maximum atomic E-state index is 12.2. The molecule has 0 saturated carbocycles. The van der Waals surface area contributed by atoms with Crippen LogP contribution in [0.2, 0.25) is 0 Å². The molecule has 1 aromatic heterocycles. The van der Waals surface area contributed by atoms with Crippen molar-refractivity contribution in [1.29, 1.82) is 5.26 Å². The fourth-order valence-corrected chi connectivity index (χ4v) is 2.86. The molecule has 0 fully saturated rings. The van der Waals surface area contributed by atoms with Gasteiger partial charge in [0.05, 0.1) is 5.69 Å². The molecule has 0 bridgehead atoms. The third-order valence-electron chi connectivity index (χ3n) is 4.20. The maximum absolute atomic E-state index is 12.2. The van der Waals surface area contributed by atoms with E-state index in [1.54, 1.807) is 12.3 Å². The van der Waals surface area contributed by atoms with E-state index in [9.17, 15) is 10.1 Å². The first-order chi connectivity index (χ1) is 14.0. The Balaban J connectivity index is 2.05. The highest BCUT2D eigenvalue weighted by Crippen LogP contribution is 2.26. The van der Waals surface area contributed by atoms with Crippen LogP contribution in [0.5, 0.6) is 5.75 Å². The van der Waals surface area contributed by atoms with Crippen molar-refractivity contribution < 1.29 is 14.3 Å². The van der Waals surface area contributed by atoms with Gasteiger partial charge in [-0.05, 0) is 74.2 Å². The summed E-state index contributed by atoms with van der Waals surface area (Å²) in [4.78, 5) is 16.5. The molecule has 2 aromatic rings. The van der Waals surface area contributed by atoms with Crippen molar-refractivity contribution in [2.24, 2.45) is 0 Å². The van der Waals surface area contributed by atoms with Gasteiger partial charge in [-0.2, -0.15) is 5.26 Å². The summed E-state index contributed by atoms with van der Waals surface area (Å²) in [7, 11) is 0. The van der Waals surface area contributed by atoms with E-state index in [0.29, 0.717) is 32.8 Å². The fourth-order valence-electron chi connectivity index (χ4n) is 2.86. The molecule has 1 aromatic carbocycles. The van der Waals surface area contributed by atoms with Gasteiger partial charge in [0.25, 0.3) is 5.91 Å². The first kappa shape index (κ1) is 22.1. The van der Waals surface area contributed by atoms with E-state index < -0.39 is 0 Å². The molecule has 0 saturated heterocycles. The van der Waals surface area contributed by atoms with Gasteiger partial charge in [-0.1, -0.05) is 6.07 Å². The summed E-state index contributed by atoms with van der Waals surface area (Å²) in [5.74, 6) is 0.404. The highest BCUT2D eigenvalue weighted by molar-refractivity contribution is 6.01. The van der Waals surface area contributed by atoms with Crippen LogP contribution in [0.3, 0.4) is 0 Å². The quantitative estimate of drug-likeness (QED) is 0.378. The number of pyridine rings is 1. The van der Waals surface area contributed by atoms with Crippen molar-refractivity contribution in [3.05, 3.63) is 64.5 Å². The lowest BCUT2D eigenvalue weighted by molar-refractivity contribution is -0.117. The number of nitrogens with one attached hydrogen (secondary N) is 1. The number of carbonyl (C=O) groups excluding carboxylic acids is 1. The number of hydrogen-bond donors (Lipinski definition) is 1. The number of aryl methyl sites for hydroxylation is 2. The second-order valence-corrected chi connectivity index (χ2v) is 6.57. The first-order valence-electron chi connectivity index (χ1n) is 9.66. The number of benzene rings is 1. The summed E-state index contributed by atoms with van der Waals surface area (Å²) in [5, 5.41) is 12.1. The monoisotopic (exact) mass is 393 g/mol. The molecule has 0 aliphatic carbocycles. The molecule has 1 heterocycles. The van der Waals surface area contributed by atoms with Crippen molar-refractivity contribution in [2.75, 3.05) is 19.8 Å². The third-order valence-corrected chi connectivity index (χ3v) is 4.20. The Bertz CT molecular complexity index is 863. The molecule has 0 atom stereocenters. The average molecular weight is 393 g/mol. The Hall–Kier alpha value is -3.17. The van der Waals surface area contributed by atoms with Gasteiger partial charge in [0.1, 0.15) is 24.0 Å². The van der Waals surface area contributed by atoms with Crippen LogP contribution in [0.15, 0.2) is 42.1 Å². The van der Waals surface area contributed by atoms with Crippen molar-refractivity contribution in [2.45, 2.75) is 33.8 Å². The number of amides is 1. The molecule has 0 spiro atoms. The van der Waals surface area contributed by atoms with Crippen molar-refractivity contribution in [3.8, 4) is 11.8 Å². The van der Waals surface area contributed by atoms with Crippen LogP contribution in [0, 0.1) is 25.2 Å². The van der Waals surface area contributed by atoms with Gasteiger partial charge >= 0.3 is 0 Å². The summed E-state index contributed by atoms with van der Waals surface area (Å²) in [6.07, 6.45) is 4.04. The third kappa shape index (κ3) is 7.05. The highest BCUT2D eigenvalue weighted by atomic mass is 16.5. The summed E-state index contributed by atoms with van der Waals surface area (Å²) in [6.45, 7) is 7.89. The Kier molecular flexibility index (Phi) is 8.87. The van der Waals surface area contributed by atoms with Gasteiger partial charge in [-0.3, -0.25) is 9.78 Å². The molecule has 2 rings (SSSR count). The largest absolute Gasteiger partial charge is 0.487 e. The van der Waals surface area contributed by atoms with E-state index in [4.69, 9.17) is 9.47 Å². The van der Waals surface area contributed by atoms with Crippen LogP contribution < -0.4 is 10.1 Å². The molecule has 6 heteroatoms. The Morgan fingerprint density at radius 1 is 1.28 bits per heavy atom. The van der Waals surface area contributed by atoms with Crippen LogP contribution in [0.25, 0.3) is 6.08 Å². The van der Waals surface area contributed by atoms with Crippen LogP contribution in [0.1, 0.15) is 35.7 Å². The lowest BCUT2D eigenvalue weighted by Gasteiger charge is -2.13. The second-order valence-electron chi connectivity index (χ2n) is 6.57. The van der Waals surface area contributed by atoms with Gasteiger partial charge in [-0.15, -0.1) is 0 Å². The summed E-state index contributed by atoms with van der Waals surface area (Å²) in [6, 6.07) is 11.5. The molecule has 0 aliphatic rings. The summed E-state index contributed by atoms with van der Waals surface area (Å²) < 4.78 is 11.2. The smallest absolute Gasteiger partial charge is 0.261 e. The second kappa shape index (κ2) is 11.6. The molecule has 152 valence electrons. The standard InChI is InChI=1S/C23H27N3O3/c1-4-28-11-7-10-26-23(27)20(15-24)14-19-12-17(2)22(18(3)13-19)29-16-21-8-5-6-9-25-21/h5-6,8-9,12-14H,4,7,10-11,16H2,1-3H3,(H,26,27)/b20-14-. The van der Waals surface area contributed by atoms with Gasteiger partial charge in [0, 0.05) is 26.0 Å². The van der Waals surface area contributed by atoms with E-state index in [-0.39, 0.29) is 11.5 Å². The number of hydrogen-bond acceptors (Lipinski definition) is 5. The van der Waals surface area contributed by atoms with Gasteiger partial charge in [0.15, 0.2) is 0 Å². The van der Waals surface area contributed by atoms with Crippen molar-refractivity contribution in [1.82, 2.24) is 10.3 Å². The number of aromatic nitrogens is 1. The molecule has 1 N–H and O–H groups in total. The van der Waals surface area contributed by atoms with Crippen LogP contribution in [0.4, 0.5) is 0 Å². The number of nitriles is 1. The van der Waals surface area contributed by atoms with E-state index in [2.05, 4.69) is 10.3 Å². The van der Waals surface area contributed by atoms with E-state index in [1.807, 2.05) is 57.2 Å². The van der Waals surface area contributed by atoms with E-state index in [1.165, 1.54) is 0 Å². The molecule has 0 radical (unpaired) electrons. The Labute approximate surface area is 172 Å². The molecular weight excluding hydrogens is 366 g/mol. The Morgan fingerprint density at radius 2 is 2.03 bits per heavy atom. The topological polar surface area (TPSA) is 84.2 Å². The SMILES string of the molecule is CCOCCCNC(=O)/C(C#N)=C\c1cc(C)c(OCc2ccccn2)c(C)c1. The zero-order valence-corrected chi connectivity index (χ0v) is 17.2. The summed E-state index contributed by atoms with van der Waals surface area (Å²) in [5.41, 5.74) is 3.57. The number of rotatable bonds is 10. The predicted molar refractivity (Wildman–Crippen MR) is 112 cm³/mol. The lowest BCUT2D eigenvalue weighted by atomic mass is 10.0. The Morgan fingerprint density at radius 3 is 2.66 bits per heavy atom. The van der Waals surface area contributed by atoms with Gasteiger partial charge in [-0.25, -0.2) is 0 Å². The van der Waals surface area contributed by atoms with Crippen molar-refractivity contribution in [3.63, 3.8) is 0 Å². The molecule has 6 nitrogen and oxygen atoms in total.